The summed E-state index contributed by atoms with van der Waals surface area (Å²) in [5.41, 5.74) is 0. The molecule has 0 saturated carbocycles. The van der Waals surface area contributed by atoms with Crippen molar-refractivity contribution in [1.29, 1.82) is 0 Å². The second-order valence-electron chi connectivity index (χ2n) is 24.2. The van der Waals surface area contributed by atoms with E-state index >= 15 is 0 Å². The minimum absolute atomic E-state index is 0.0347. The van der Waals surface area contributed by atoms with Gasteiger partial charge >= 0.3 is 11.9 Å². The highest BCUT2D eigenvalue weighted by Gasteiger charge is 2.22. The van der Waals surface area contributed by atoms with Crippen molar-refractivity contribution in [2.75, 3.05) is 47.5 Å². The number of carbonyl (C=O) groups excluding carboxylic acids is 2. The van der Waals surface area contributed by atoms with Gasteiger partial charge in [-0.1, -0.05) is 290 Å². The van der Waals surface area contributed by atoms with Gasteiger partial charge in [-0.05, 0) is 103 Å². The van der Waals surface area contributed by atoms with Crippen molar-refractivity contribution < 1.29 is 42.1 Å². The van der Waals surface area contributed by atoms with E-state index < -0.39 is 26.5 Å². The lowest BCUT2D eigenvalue weighted by Crippen LogP contribution is -2.37. The molecule has 2 unspecified atom stereocenters. The Morgan fingerprint density at radius 3 is 1.01 bits per heavy atom. The summed E-state index contributed by atoms with van der Waals surface area (Å²) in [5, 5.41) is 0. The Bertz CT molecular complexity index is 1790. The third-order valence-electron chi connectivity index (χ3n) is 14.8. The average molecular weight is 1190 g/mol. The summed E-state index contributed by atoms with van der Waals surface area (Å²) in [6.07, 6.45) is 90.1. The van der Waals surface area contributed by atoms with E-state index in [-0.39, 0.29) is 32.0 Å². The molecule has 0 spiro atoms. The number of allylic oxidation sites excluding steroid dienone is 18. The number of likely N-dealkylation sites (N-methyl/N-ethyl adjacent to an activating group) is 1. The summed E-state index contributed by atoms with van der Waals surface area (Å²) in [6, 6.07) is 0. The molecule has 2 atom stereocenters. The van der Waals surface area contributed by atoms with E-state index in [4.69, 9.17) is 18.5 Å². The maximum Gasteiger partial charge on any atom is 0.306 e. The molecule has 0 N–H and O–H groups in total. The molecule has 0 aromatic rings. The van der Waals surface area contributed by atoms with Crippen molar-refractivity contribution in [2.45, 2.75) is 302 Å². The number of rotatable bonds is 63. The molecule has 0 saturated heterocycles. The van der Waals surface area contributed by atoms with Gasteiger partial charge in [-0.25, -0.2) is 0 Å². The quantitative estimate of drug-likeness (QED) is 0.0195. The van der Waals surface area contributed by atoms with Gasteiger partial charge in [-0.2, -0.15) is 0 Å². The van der Waals surface area contributed by atoms with Gasteiger partial charge in [0.25, 0.3) is 7.82 Å². The van der Waals surface area contributed by atoms with Crippen molar-refractivity contribution in [3.8, 4) is 0 Å². The molecule has 10 heteroatoms. The molecule has 0 heterocycles. The molecule has 0 aromatic carbocycles. The van der Waals surface area contributed by atoms with Crippen LogP contribution in [0.5, 0.6) is 0 Å². The Morgan fingerprint density at radius 1 is 0.381 bits per heavy atom. The van der Waals surface area contributed by atoms with Crippen LogP contribution in [0.1, 0.15) is 296 Å². The predicted molar refractivity (Wildman–Crippen MR) is 360 cm³/mol. The Kier molecular flexibility index (Phi) is 61.6. The molecule has 0 aliphatic heterocycles. The van der Waals surface area contributed by atoms with Gasteiger partial charge in [0, 0.05) is 12.8 Å². The van der Waals surface area contributed by atoms with Gasteiger partial charge in [0.1, 0.15) is 19.8 Å². The number of quaternary nitrogens is 1. The van der Waals surface area contributed by atoms with Crippen LogP contribution in [-0.4, -0.2) is 70.0 Å². The maximum absolute atomic E-state index is 12.9. The van der Waals surface area contributed by atoms with Crippen LogP contribution in [0.25, 0.3) is 0 Å². The first-order chi connectivity index (χ1) is 41.0. The van der Waals surface area contributed by atoms with Crippen molar-refractivity contribution in [3.05, 3.63) is 109 Å². The predicted octanol–water partition coefficient (Wildman–Crippen LogP) is 21.9. The Morgan fingerprint density at radius 2 is 0.679 bits per heavy atom. The highest BCUT2D eigenvalue weighted by Crippen LogP contribution is 2.38. The van der Waals surface area contributed by atoms with Crippen LogP contribution >= 0.6 is 7.82 Å². The molecule has 84 heavy (non-hydrogen) atoms. The van der Waals surface area contributed by atoms with Crippen LogP contribution < -0.4 is 4.89 Å². The van der Waals surface area contributed by atoms with E-state index in [1.54, 1.807) is 0 Å². The molecule has 0 aromatic heterocycles. The van der Waals surface area contributed by atoms with E-state index in [9.17, 15) is 19.0 Å². The zero-order chi connectivity index (χ0) is 61.2. The summed E-state index contributed by atoms with van der Waals surface area (Å²) in [7, 11) is 1.16. The molecule has 0 fully saturated rings. The van der Waals surface area contributed by atoms with Gasteiger partial charge in [0.05, 0.1) is 27.7 Å². The number of phosphoric ester groups is 1. The number of phosphoric acid groups is 1. The first kappa shape index (κ1) is 80.7. The lowest BCUT2D eigenvalue weighted by molar-refractivity contribution is -0.870. The van der Waals surface area contributed by atoms with E-state index in [2.05, 4.69) is 123 Å². The first-order valence-electron chi connectivity index (χ1n) is 34.6. The van der Waals surface area contributed by atoms with Crippen molar-refractivity contribution in [2.24, 2.45) is 0 Å². The topological polar surface area (TPSA) is 111 Å². The number of carbonyl (C=O) groups is 2. The van der Waals surface area contributed by atoms with E-state index in [1.165, 1.54) is 173 Å². The molecule has 9 nitrogen and oxygen atoms in total. The van der Waals surface area contributed by atoms with Crippen LogP contribution in [0.4, 0.5) is 0 Å². The summed E-state index contributed by atoms with van der Waals surface area (Å²) in [6.45, 7) is 4.13. The average Bonchev–Trinajstić information content (AvgIpc) is 3.61. The van der Waals surface area contributed by atoms with Crippen molar-refractivity contribution >= 4 is 19.8 Å². The third kappa shape index (κ3) is 67.8. The third-order valence-corrected chi connectivity index (χ3v) is 15.7. The molecule has 0 bridgehead atoms. The van der Waals surface area contributed by atoms with Gasteiger partial charge in [0.2, 0.25) is 0 Å². The zero-order valence-electron chi connectivity index (χ0n) is 55.1. The zero-order valence-corrected chi connectivity index (χ0v) is 56.0. The summed E-state index contributed by atoms with van der Waals surface area (Å²) >= 11 is 0. The van der Waals surface area contributed by atoms with E-state index in [1.807, 2.05) is 21.1 Å². The Hall–Kier alpha value is -3.33. The first-order valence-corrected chi connectivity index (χ1v) is 36.1. The van der Waals surface area contributed by atoms with E-state index in [0.717, 1.165) is 89.9 Å². The smallest absolute Gasteiger partial charge is 0.306 e. The molecular weight excluding hydrogens is 1060 g/mol. The summed E-state index contributed by atoms with van der Waals surface area (Å²) in [5.74, 6) is -0.832. The summed E-state index contributed by atoms with van der Waals surface area (Å²) in [4.78, 5) is 38.1. The van der Waals surface area contributed by atoms with Gasteiger partial charge in [0.15, 0.2) is 6.10 Å². The number of esters is 2. The van der Waals surface area contributed by atoms with Crippen LogP contribution in [-0.2, 0) is 32.7 Å². The maximum atomic E-state index is 12.9. The Labute approximate surface area is 518 Å². The normalized spacial score (nSPS) is 13.8. The molecule has 0 aliphatic carbocycles. The van der Waals surface area contributed by atoms with Gasteiger partial charge < -0.3 is 27.9 Å². The van der Waals surface area contributed by atoms with Gasteiger partial charge in [-0.3, -0.25) is 14.2 Å². The van der Waals surface area contributed by atoms with E-state index in [0.29, 0.717) is 17.4 Å². The minimum atomic E-state index is -4.65. The molecule has 0 aliphatic rings. The molecule has 0 amide bonds. The molecule has 484 valence electrons. The van der Waals surface area contributed by atoms with Crippen molar-refractivity contribution in [1.82, 2.24) is 0 Å². The van der Waals surface area contributed by atoms with Crippen LogP contribution in [0, 0.1) is 0 Å². The lowest BCUT2D eigenvalue weighted by Gasteiger charge is -2.28. The monoisotopic (exact) mass is 1190 g/mol. The minimum Gasteiger partial charge on any atom is -0.756 e. The van der Waals surface area contributed by atoms with Crippen LogP contribution in [0.15, 0.2) is 109 Å². The second-order valence-corrected chi connectivity index (χ2v) is 25.6. The lowest BCUT2D eigenvalue weighted by atomic mass is 10.0. The number of nitrogens with zero attached hydrogens (tertiary/aromatic N) is 1. The SMILES string of the molecule is CC/C=C\C/C=C\C/C=C\C/C=C\C/C=C\C/C=C\CCCCCCCCCCCCCCCCC(=O)OC(COC(=O)CCCCCCCCCCCCCC/C=C\C/C=C\C/C=C\CCCCCCC)COP(=O)([O-])OCC[N+](C)(C)C. The standard InChI is InChI=1S/C74H130NO8P/c1-6-8-10-12-14-16-18-20-22-24-26-28-30-32-34-35-36-37-38-39-41-43-45-47-49-51-53-55-57-59-61-63-65-67-74(77)83-72(71-82-84(78,79)81-69-68-75(3,4)5)70-80-73(76)66-64-62-60-58-56-54-52-50-48-46-44-42-40-33-31-29-27-25-23-21-19-17-15-13-11-9-7-2/h8,10,14,16,19-22,25-28,31-34,36-37,72H,6-7,9,11-13,15,17-18,23-24,29-30,35,38-71H2,1-5H3/b10-8-,16-14-,21-19-,22-20-,27-25-,28-26-,33-31-,34-32-,37-36-. The van der Waals surface area contributed by atoms with Crippen LogP contribution in [0.2, 0.25) is 0 Å². The molecular formula is C74H130NO8P. The number of unbranched alkanes of at least 4 members (excludes halogenated alkanes) is 31. The molecule has 0 radical (unpaired) electrons. The highest BCUT2D eigenvalue weighted by atomic mass is 31.2. The fourth-order valence-corrected chi connectivity index (χ4v) is 10.2. The number of hydrogen-bond acceptors (Lipinski definition) is 8. The fraction of sp³-hybridized carbons (Fsp3) is 0.730. The van der Waals surface area contributed by atoms with Crippen molar-refractivity contribution in [3.63, 3.8) is 0 Å². The summed E-state index contributed by atoms with van der Waals surface area (Å²) < 4.78 is 34.3. The number of ether oxygens (including phenoxy) is 2. The Balaban J connectivity index is 4.07. The fourth-order valence-electron chi connectivity index (χ4n) is 9.49. The second kappa shape index (κ2) is 64.2. The van der Waals surface area contributed by atoms with Crippen LogP contribution in [0.3, 0.4) is 0 Å². The van der Waals surface area contributed by atoms with Gasteiger partial charge in [-0.15, -0.1) is 0 Å². The molecule has 0 rings (SSSR count). The largest absolute Gasteiger partial charge is 0.756 e. The highest BCUT2D eigenvalue weighted by molar-refractivity contribution is 7.45. The number of hydrogen-bond donors (Lipinski definition) is 0.